The largest absolute Gasteiger partial charge is 0.507 e. The van der Waals surface area contributed by atoms with Gasteiger partial charge in [0.15, 0.2) is 0 Å². The van der Waals surface area contributed by atoms with E-state index >= 15 is 0 Å². The quantitative estimate of drug-likeness (QED) is 0.753. The molecule has 6 heteroatoms. The lowest BCUT2D eigenvalue weighted by Crippen LogP contribution is -2.23. The van der Waals surface area contributed by atoms with Gasteiger partial charge in [0.2, 0.25) is 0 Å². The number of H-pyrrole nitrogens is 1. The van der Waals surface area contributed by atoms with Crippen LogP contribution in [0.1, 0.15) is 16.1 Å². The normalized spacial score (nSPS) is 10.1. The van der Waals surface area contributed by atoms with Gasteiger partial charge in [0.05, 0.1) is 24.9 Å². The zero-order valence-electron chi connectivity index (χ0n) is 9.80. The molecule has 0 spiro atoms. The summed E-state index contributed by atoms with van der Waals surface area (Å²) < 4.78 is 5.00. The van der Waals surface area contributed by atoms with Crippen molar-refractivity contribution in [3.63, 3.8) is 0 Å². The summed E-state index contributed by atoms with van der Waals surface area (Å²) in [6.45, 7) is 0.315. The maximum absolute atomic E-state index is 11.9. The van der Waals surface area contributed by atoms with Gasteiger partial charge in [-0.25, -0.2) is 0 Å². The third-order valence-electron chi connectivity index (χ3n) is 2.45. The van der Waals surface area contributed by atoms with Crippen LogP contribution in [-0.2, 0) is 6.54 Å². The van der Waals surface area contributed by atoms with Crippen LogP contribution in [0.25, 0.3) is 0 Å². The maximum atomic E-state index is 11.9. The van der Waals surface area contributed by atoms with Gasteiger partial charge in [-0.15, -0.1) is 0 Å². The lowest BCUT2D eigenvalue weighted by Gasteiger charge is -2.07. The summed E-state index contributed by atoms with van der Waals surface area (Å²) in [6, 6.07) is 6.24. The van der Waals surface area contributed by atoms with Crippen LogP contribution in [0.15, 0.2) is 30.5 Å². The standard InChI is InChI=1S/C12H13N3O3/c1-18-9-2-3-11(16)10(6-9)12(17)13-7-8-4-5-14-15-8/h2-6,16H,7H2,1H3,(H,13,17)(H,14,15). The first-order valence-corrected chi connectivity index (χ1v) is 5.34. The minimum Gasteiger partial charge on any atom is -0.507 e. The number of benzene rings is 1. The number of amides is 1. The second kappa shape index (κ2) is 5.22. The molecule has 2 aromatic rings. The monoisotopic (exact) mass is 247 g/mol. The van der Waals surface area contributed by atoms with Crippen LogP contribution in [-0.4, -0.2) is 28.3 Å². The third-order valence-corrected chi connectivity index (χ3v) is 2.45. The Hall–Kier alpha value is -2.50. The number of nitrogens with zero attached hydrogens (tertiary/aromatic N) is 1. The molecule has 0 saturated heterocycles. The van der Waals surface area contributed by atoms with Crippen molar-refractivity contribution < 1.29 is 14.6 Å². The molecule has 0 aliphatic carbocycles. The Labute approximate surface area is 104 Å². The Kier molecular flexibility index (Phi) is 3.47. The number of carbonyl (C=O) groups is 1. The second-order valence-corrected chi connectivity index (χ2v) is 3.65. The molecule has 0 bridgehead atoms. The Morgan fingerprint density at radius 2 is 2.33 bits per heavy atom. The lowest BCUT2D eigenvalue weighted by atomic mass is 10.1. The molecular formula is C12H13N3O3. The molecule has 0 atom stereocenters. The second-order valence-electron chi connectivity index (χ2n) is 3.65. The number of methoxy groups -OCH3 is 1. The van der Waals surface area contributed by atoms with Crippen molar-refractivity contribution in [3.05, 3.63) is 41.7 Å². The Bertz CT molecular complexity index is 538. The molecule has 1 aromatic carbocycles. The SMILES string of the molecule is COc1ccc(O)c(C(=O)NCc2ccn[nH]2)c1. The van der Waals surface area contributed by atoms with Gasteiger partial charge in [0.25, 0.3) is 5.91 Å². The van der Waals surface area contributed by atoms with E-state index in [1.807, 2.05) is 0 Å². The van der Waals surface area contributed by atoms with E-state index in [0.29, 0.717) is 12.3 Å². The van der Waals surface area contributed by atoms with Crippen LogP contribution in [0.2, 0.25) is 0 Å². The number of phenols is 1. The van der Waals surface area contributed by atoms with Crippen molar-refractivity contribution in [2.75, 3.05) is 7.11 Å². The molecule has 1 amide bonds. The molecule has 1 heterocycles. The summed E-state index contributed by atoms with van der Waals surface area (Å²) in [5, 5.41) is 18.8. The number of aromatic nitrogens is 2. The first-order chi connectivity index (χ1) is 8.70. The average Bonchev–Trinajstić information content (AvgIpc) is 2.89. The Morgan fingerprint density at radius 3 is 3.00 bits per heavy atom. The third kappa shape index (κ3) is 2.60. The number of phenolic OH excluding ortho intramolecular Hbond substituents is 1. The topological polar surface area (TPSA) is 87.2 Å². The molecule has 1 aromatic heterocycles. The van der Waals surface area contributed by atoms with Crippen LogP contribution < -0.4 is 10.1 Å². The van der Waals surface area contributed by atoms with Crippen LogP contribution in [0, 0.1) is 0 Å². The van der Waals surface area contributed by atoms with Gasteiger partial charge in [-0.05, 0) is 24.3 Å². The number of rotatable bonds is 4. The van der Waals surface area contributed by atoms with Gasteiger partial charge in [-0.1, -0.05) is 0 Å². The van der Waals surface area contributed by atoms with Crippen LogP contribution in [0.3, 0.4) is 0 Å². The molecule has 94 valence electrons. The summed E-state index contributed by atoms with van der Waals surface area (Å²) in [6.07, 6.45) is 1.60. The Balaban J connectivity index is 2.08. The summed E-state index contributed by atoms with van der Waals surface area (Å²) in [4.78, 5) is 11.9. The molecule has 0 aliphatic rings. The summed E-state index contributed by atoms with van der Waals surface area (Å²) in [5.41, 5.74) is 0.958. The summed E-state index contributed by atoms with van der Waals surface area (Å²) in [7, 11) is 1.50. The van der Waals surface area contributed by atoms with Crippen molar-refractivity contribution in [3.8, 4) is 11.5 Å². The summed E-state index contributed by atoms with van der Waals surface area (Å²) >= 11 is 0. The van der Waals surface area contributed by atoms with Gasteiger partial charge in [0, 0.05) is 6.20 Å². The number of hydrogen-bond donors (Lipinski definition) is 3. The predicted molar refractivity (Wildman–Crippen MR) is 64.4 cm³/mol. The van der Waals surface area contributed by atoms with Crippen molar-refractivity contribution >= 4 is 5.91 Å². The zero-order valence-corrected chi connectivity index (χ0v) is 9.80. The molecule has 0 fully saturated rings. The first-order valence-electron chi connectivity index (χ1n) is 5.34. The van der Waals surface area contributed by atoms with Crippen molar-refractivity contribution in [1.29, 1.82) is 0 Å². The van der Waals surface area contributed by atoms with E-state index in [0.717, 1.165) is 5.69 Å². The fourth-order valence-corrected chi connectivity index (χ4v) is 1.48. The molecular weight excluding hydrogens is 234 g/mol. The van der Waals surface area contributed by atoms with Crippen molar-refractivity contribution in [2.24, 2.45) is 0 Å². The minimum absolute atomic E-state index is 0.0853. The van der Waals surface area contributed by atoms with E-state index in [4.69, 9.17) is 4.74 Å². The predicted octanol–water partition coefficient (Wildman–Crippen LogP) is 1.05. The lowest BCUT2D eigenvalue weighted by molar-refractivity contribution is 0.0947. The average molecular weight is 247 g/mol. The van der Waals surface area contributed by atoms with Gasteiger partial charge < -0.3 is 15.2 Å². The van der Waals surface area contributed by atoms with Gasteiger partial charge >= 0.3 is 0 Å². The van der Waals surface area contributed by atoms with E-state index in [1.54, 1.807) is 18.3 Å². The van der Waals surface area contributed by atoms with Gasteiger partial charge in [0.1, 0.15) is 11.5 Å². The number of aromatic hydroxyl groups is 1. The fraction of sp³-hybridized carbons (Fsp3) is 0.167. The molecule has 0 unspecified atom stereocenters. The molecule has 0 radical (unpaired) electrons. The van der Waals surface area contributed by atoms with E-state index < -0.39 is 0 Å². The van der Waals surface area contributed by atoms with Crippen LogP contribution >= 0.6 is 0 Å². The highest BCUT2D eigenvalue weighted by atomic mass is 16.5. The van der Waals surface area contributed by atoms with Gasteiger partial charge in [-0.3, -0.25) is 9.89 Å². The van der Waals surface area contributed by atoms with Crippen LogP contribution in [0.5, 0.6) is 11.5 Å². The fourth-order valence-electron chi connectivity index (χ4n) is 1.48. The number of hydrogen-bond acceptors (Lipinski definition) is 4. The summed E-state index contributed by atoms with van der Waals surface area (Å²) in [5.74, 6) is 0.0541. The molecule has 6 nitrogen and oxygen atoms in total. The number of nitrogens with one attached hydrogen (secondary N) is 2. The van der Waals surface area contributed by atoms with Crippen molar-refractivity contribution in [1.82, 2.24) is 15.5 Å². The van der Waals surface area contributed by atoms with E-state index in [9.17, 15) is 9.90 Å². The highest BCUT2D eigenvalue weighted by Gasteiger charge is 2.12. The number of aromatic amines is 1. The first kappa shape index (κ1) is 12.0. The number of carbonyl (C=O) groups excluding carboxylic acids is 1. The number of ether oxygens (including phenoxy) is 1. The highest BCUT2D eigenvalue weighted by Crippen LogP contribution is 2.22. The van der Waals surface area contributed by atoms with E-state index in [-0.39, 0.29) is 17.2 Å². The van der Waals surface area contributed by atoms with E-state index in [2.05, 4.69) is 15.5 Å². The van der Waals surface area contributed by atoms with Crippen LogP contribution in [0.4, 0.5) is 0 Å². The van der Waals surface area contributed by atoms with E-state index in [1.165, 1.54) is 19.2 Å². The van der Waals surface area contributed by atoms with Crippen molar-refractivity contribution in [2.45, 2.75) is 6.54 Å². The maximum Gasteiger partial charge on any atom is 0.255 e. The minimum atomic E-state index is -0.374. The highest BCUT2D eigenvalue weighted by molar-refractivity contribution is 5.97. The van der Waals surface area contributed by atoms with Gasteiger partial charge in [-0.2, -0.15) is 5.10 Å². The zero-order chi connectivity index (χ0) is 13.0. The molecule has 0 aliphatic heterocycles. The smallest absolute Gasteiger partial charge is 0.255 e. The molecule has 2 rings (SSSR count). The molecule has 18 heavy (non-hydrogen) atoms. The molecule has 0 saturated carbocycles. The molecule has 3 N–H and O–H groups in total. The Morgan fingerprint density at radius 1 is 1.50 bits per heavy atom.